The molecule has 2 aliphatic rings. The number of aryl methyl sites for hydroxylation is 2. The fourth-order valence-corrected chi connectivity index (χ4v) is 5.36. The number of hydrogen-bond donors (Lipinski definition) is 0. The van der Waals surface area contributed by atoms with Gasteiger partial charge in [0.2, 0.25) is 5.78 Å². The molecule has 0 spiro atoms. The molecule has 8 heteroatoms. The van der Waals surface area contributed by atoms with Crippen molar-refractivity contribution in [1.82, 2.24) is 4.90 Å². The Morgan fingerprint density at radius 1 is 1.12 bits per heavy atom. The van der Waals surface area contributed by atoms with Crippen LogP contribution in [0, 0.1) is 19.8 Å². The molecule has 0 amide bonds. The largest absolute Gasteiger partial charge is 0.454 e. The van der Waals surface area contributed by atoms with Crippen LogP contribution in [0.25, 0.3) is 0 Å². The number of carbonyl (C=O) groups excluding carboxylic acids is 2. The topological polar surface area (TPSA) is 93.1 Å². The van der Waals surface area contributed by atoms with Gasteiger partial charge in [-0.25, -0.2) is 0 Å². The predicted octanol–water partition coefficient (Wildman–Crippen LogP) is 3.28. The van der Waals surface area contributed by atoms with Gasteiger partial charge < -0.3 is 9.64 Å². The van der Waals surface area contributed by atoms with Crippen LogP contribution in [0.2, 0.25) is 0 Å². The van der Waals surface area contributed by atoms with Crippen LogP contribution in [0.4, 0.5) is 0 Å². The molecular formula is C24H26N2O5S. The molecule has 7 nitrogen and oxygen atoms in total. The monoisotopic (exact) mass is 454 g/mol. The highest BCUT2D eigenvalue weighted by atomic mass is 32.2. The Balaban J connectivity index is 1.45. The normalized spacial score (nSPS) is 20.3. The van der Waals surface area contributed by atoms with Crippen molar-refractivity contribution in [2.75, 3.05) is 13.1 Å². The zero-order chi connectivity index (χ0) is 23.0. The van der Waals surface area contributed by atoms with Crippen LogP contribution in [-0.4, -0.2) is 50.1 Å². The third kappa shape index (κ3) is 4.19. The number of benzene rings is 2. The highest BCUT2D eigenvalue weighted by Gasteiger charge is 2.36. The molecule has 0 unspecified atom stereocenters. The van der Waals surface area contributed by atoms with Crippen molar-refractivity contribution in [3.05, 3.63) is 64.7 Å². The van der Waals surface area contributed by atoms with Gasteiger partial charge in [0.25, 0.3) is 10.0 Å². The number of likely N-dealkylation sites (tertiary alicyclic amines) is 1. The number of ether oxygens (including phenoxy) is 1. The lowest BCUT2D eigenvalue weighted by Gasteiger charge is -2.33. The van der Waals surface area contributed by atoms with E-state index in [0.29, 0.717) is 42.9 Å². The van der Waals surface area contributed by atoms with Gasteiger partial charge in [-0.1, -0.05) is 24.3 Å². The second kappa shape index (κ2) is 8.50. The number of sulfonamides is 1. The van der Waals surface area contributed by atoms with Crippen LogP contribution in [0.15, 0.2) is 51.8 Å². The predicted molar refractivity (Wildman–Crippen MR) is 120 cm³/mol. The smallest absolute Gasteiger partial charge is 0.311 e. The number of Topliss-reactive ketones (excluding diaryl/α,β-unsaturated/α-hetero) is 1. The molecule has 2 aliphatic heterocycles. The lowest BCUT2D eigenvalue weighted by Crippen LogP contribution is -2.43. The summed E-state index contributed by atoms with van der Waals surface area (Å²) >= 11 is 0. The van der Waals surface area contributed by atoms with Crippen LogP contribution in [0.1, 0.15) is 46.8 Å². The van der Waals surface area contributed by atoms with Crippen LogP contribution in [-0.2, 0) is 19.6 Å². The number of amidine groups is 1. The summed E-state index contributed by atoms with van der Waals surface area (Å²) in [6.07, 6.45) is 0.409. The maximum atomic E-state index is 12.8. The maximum Gasteiger partial charge on any atom is 0.311 e. The van der Waals surface area contributed by atoms with Crippen LogP contribution in [0.5, 0.6) is 0 Å². The molecule has 1 saturated heterocycles. The van der Waals surface area contributed by atoms with E-state index in [1.54, 1.807) is 37.3 Å². The summed E-state index contributed by atoms with van der Waals surface area (Å²) in [5.74, 6) is -0.780. The van der Waals surface area contributed by atoms with Crippen molar-refractivity contribution in [2.45, 2.75) is 44.6 Å². The van der Waals surface area contributed by atoms with Gasteiger partial charge in [0.1, 0.15) is 4.90 Å². The van der Waals surface area contributed by atoms with Gasteiger partial charge in [-0.15, -0.1) is 4.40 Å². The van der Waals surface area contributed by atoms with E-state index in [1.807, 2.05) is 24.8 Å². The Hall–Kier alpha value is -3.00. The molecule has 2 aromatic rings. The first-order valence-corrected chi connectivity index (χ1v) is 12.1. The van der Waals surface area contributed by atoms with E-state index in [0.717, 1.165) is 11.1 Å². The first-order chi connectivity index (χ1) is 15.2. The number of carbonyl (C=O) groups is 2. The maximum absolute atomic E-state index is 12.8. The Kier molecular flexibility index (Phi) is 5.90. The number of ketones is 1. The molecule has 0 aromatic heterocycles. The van der Waals surface area contributed by atoms with Crippen molar-refractivity contribution >= 4 is 27.6 Å². The molecule has 1 fully saturated rings. The summed E-state index contributed by atoms with van der Waals surface area (Å²) in [7, 11) is -3.72. The highest BCUT2D eigenvalue weighted by molar-refractivity contribution is 7.90. The molecule has 0 aliphatic carbocycles. The molecule has 32 heavy (non-hydrogen) atoms. The van der Waals surface area contributed by atoms with Crippen LogP contribution >= 0.6 is 0 Å². The molecule has 168 valence electrons. The molecule has 0 radical (unpaired) electrons. The molecule has 0 bridgehead atoms. The molecule has 0 saturated carbocycles. The summed E-state index contributed by atoms with van der Waals surface area (Å²) in [5.41, 5.74) is 3.16. The van der Waals surface area contributed by atoms with Gasteiger partial charge in [0.15, 0.2) is 11.9 Å². The first kappa shape index (κ1) is 22.2. The summed E-state index contributed by atoms with van der Waals surface area (Å²) in [6, 6.07) is 12.1. The van der Waals surface area contributed by atoms with E-state index in [9.17, 15) is 18.0 Å². The number of hydrogen-bond acceptors (Lipinski definition) is 6. The van der Waals surface area contributed by atoms with Gasteiger partial charge in [0, 0.05) is 24.2 Å². The summed E-state index contributed by atoms with van der Waals surface area (Å²) in [6.45, 7) is 6.39. The SMILES string of the molecule is Cc1ccc(C(=O)[C@@H](C)OC(=O)[C@@H]2CCCN(C3=NS(=O)(=O)c4ccccc43)C2)cc1C. The van der Waals surface area contributed by atoms with E-state index in [-0.39, 0.29) is 10.7 Å². The van der Waals surface area contributed by atoms with E-state index in [1.165, 1.54) is 6.07 Å². The standard InChI is InChI=1S/C24H26N2O5S/c1-15-10-11-18(13-16(15)2)22(27)17(3)31-24(28)19-7-6-12-26(14-19)23-20-8-4-5-9-21(20)32(29,30)25-23/h4-5,8-11,13,17,19H,6-7,12,14H2,1-3H3/t17-,19-/m1/s1. The number of esters is 1. The second-order valence-electron chi connectivity index (χ2n) is 8.41. The summed E-state index contributed by atoms with van der Waals surface area (Å²) < 4.78 is 34.2. The highest BCUT2D eigenvalue weighted by Crippen LogP contribution is 2.30. The number of piperidine rings is 1. The quantitative estimate of drug-likeness (QED) is 0.520. The zero-order valence-corrected chi connectivity index (χ0v) is 19.2. The average Bonchev–Trinajstić information content (AvgIpc) is 3.06. The molecule has 2 heterocycles. The van der Waals surface area contributed by atoms with E-state index in [4.69, 9.17) is 4.74 Å². The van der Waals surface area contributed by atoms with Crippen LogP contribution in [0.3, 0.4) is 0 Å². The van der Waals surface area contributed by atoms with E-state index >= 15 is 0 Å². The lowest BCUT2D eigenvalue weighted by atomic mass is 9.97. The van der Waals surface area contributed by atoms with Gasteiger partial charge in [-0.3, -0.25) is 9.59 Å². The minimum absolute atomic E-state index is 0.187. The average molecular weight is 455 g/mol. The van der Waals surface area contributed by atoms with E-state index < -0.39 is 28.0 Å². The Morgan fingerprint density at radius 2 is 1.88 bits per heavy atom. The first-order valence-electron chi connectivity index (χ1n) is 10.7. The van der Waals surface area contributed by atoms with Crippen molar-refractivity contribution in [3.8, 4) is 0 Å². The van der Waals surface area contributed by atoms with Crippen molar-refractivity contribution < 1.29 is 22.7 Å². The van der Waals surface area contributed by atoms with Gasteiger partial charge in [0.05, 0.1) is 5.92 Å². The van der Waals surface area contributed by atoms with Crippen molar-refractivity contribution in [1.29, 1.82) is 0 Å². The Morgan fingerprint density at radius 3 is 2.62 bits per heavy atom. The minimum atomic E-state index is -3.72. The number of nitrogens with zero attached hydrogens (tertiary/aromatic N) is 2. The molecule has 2 atom stereocenters. The number of fused-ring (bicyclic) bond motifs is 1. The fourth-order valence-electron chi connectivity index (χ4n) is 4.13. The Labute approximate surface area is 188 Å². The summed E-state index contributed by atoms with van der Waals surface area (Å²) in [5, 5.41) is 0. The minimum Gasteiger partial charge on any atom is -0.454 e. The van der Waals surface area contributed by atoms with Crippen molar-refractivity contribution in [2.24, 2.45) is 10.3 Å². The van der Waals surface area contributed by atoms with E-state index in [2.05, 4.69) is 4.40 Å². The fraction of sp³-hybridized carbons (Fsp3) is 0.375. The van der Waals surface area contributed by atoms with Gasteiger partial charge in [-0.05, 0) is 62.9 Å². The van der Waals surface area contributed by atoms with Gasteiger partial charge >= 0.3 is 5.97 Å². The Bertz CT molecular complexity index is 1220. The molecule has 0 N–H and O–H groups in total. The molecule has 2 aromatic carbocycles. The lowest BCUT2D eigenvalue weighted by molar-refractivity contribution is -0.152. The number of rotatable bonds is 4. The molecule has 4 rings (SSSR count). The molecular weight excluding hydrogens is 428 g/mol. The van der Waals surface area contributed by atoms with Gasteiger partial charge in [-0.2, -0.15) is 8.42 Å². The van der Waals surface area contributed by atoms with Crippen molar-refractivity contribution in [3.63, 3.8) is 0 Å². The zero-order valence-electron chi connectivity index (χ0n) is 18.4. The summed E-state index contributed by atoms with van der Waals surface area (Å²) in [4.78, 5) is 27.6. The second-order valence-corrected chi connectivity index (χ2v) is 9.99. The van der Waals surface area contributed by atoms with Crippen LogP contribution < -0.4 is 0 Å². The third-order valence-corrected chi connectivity index (χ3v) is 7.45. The third-order valence-electron chi connectivity index (χ3n) is 6.12.